The van der Waals surface area contributed by atoms with Gasteiger partial charge in [0.15, 0.2) is 0 Å². The topological polar surface area (TPSA) is 35.9 Å². The summed E-state index contributed by atoms with van der Waals surface area (Å²) in [5, 5.41) is 10.2. The highest BCUT2D eigenvalue weighted by Gasteiger charge is 2.19. The molecule has 2 atom stereocenters. The molecule has 1 aliphatic rings. The Kier molecular flexibility index (Phi) is 7.33. The number of likely N-dealkylation sites (N-methyl/N-ethyl adjacent to an activating group) is 1. The van der Waals surface area contributed by atoms with Gasteiger partial charge in [-0.15, -0.1) is 0 Å². The van der Waals surface area contributed by atoms with Gasteiger partial charge in [-0.1, -0.05) is 44.2 Å². The number of hydrogen-bond acceptors (Lipinski definition) is 4. The smallest absolute Gasteiger partial charge is 0.0900 e. The van der Waals surface area contributed by atoms with Crippen molar-refractivity contribution in [3.05, 3.63) is 35.9 Å². The third-order valence-electron chi connectivity index (χ3n) is 4.41. The molecule has 0 amide bonds. The lowest BCUT2D eigenvalue weighted by Gasteiger charge is -2.35. The average Bonchev–Trinajstić information content (AvgIpc) is 2.57. The number of rotatable bonds is 8. The fourth-order valence-electron chi connectivity index (χ4n) is 2.98. The molecule has 1 fully saturated rings. The molecular weight excluding hydrogens is 276 g/mol. The van der Waals surface area contributed by atoms with E-state index in [9.17, 15) is 5.11 Å². The van der Waals surface area contributed by atoms with Gasteiger partial charge in [0.05, 0.1) is 18.8 Å². The number of ether oxygens (including phenoxy) is 1. The van der Waals surface area contributed by atoms with Crippen LogP contribution in [0.1, 0.15) is 31.9 Å². The highest BCUT2D eigenvalue weighted by Crippen LogP contribution is 2.20. The SMILES string of the molecule is CC[C@H](OC[C@H](O)CN1CCN(CC)CC1)c1ccccc1. The predicted octanol–water partition coefficient (Wildman–Crippen LogP) is 2.15. The van der Waals surface area contributed by atoms with Gasteiger partial charge in [-0.25, -0.2) is 0 Å². The Morgan fingerprint density at radius 1 is 1.05 bits per heavy atom. The van der Waals surface area contributed by atoms with Gasteiger partial charge in [0.2, 0.25) is 0 Å². The van der Waals surface area contributed by atoms with Crippen molar-refractivity contribution in [1.82, 2.24) is 9.80 Å². The van der Waals surface area contributed by atoms with Crippen molar-refractivity contribution in [3.8, 4) is 0 Å². The van der Waals surface area contributed by atoms with E-state index in [1.165, 1.54) is 5.56 Å². The molecule has 0 radical (unpaired) electrons. The summed E-state index contributed by atoms with van der Waals surface area (Å²) in [7, 11) is 0. The van der Waals surface area contributed by atoms with E-state index >= 15 is 0 Å². The van der Waals surface area contributed by atoms with Crippen LogP contribution in [0.2, 0.25) is 0 Å². The summed E-state index contributed by atoms with van der Waals surface area (Å²) in [6, 6.07) is 10.3. The second-order valence-electron chi connectivity index (χ2n) is 6.03. The molecule has 2 rings (SSSR count). The van der Waals surface area contributed by atoms with Gasteiger partial charge < -0.3 is 14.7 Å². The standard InChI is InChI=1S/C18H30N2O2/c1-3-18(16-8-6-5-7-9-16)22-15-17(21)14-20-12-10-19(4-2)11-13-20/h5-9,17-18,21H,3-4,10-15H2,1-2H3/t17-,18+/m1/s1. The van der Waals surface area contributed by atoms with Crippen LogP contribution >= 0.6 is 0 Å². The van der Waals surface area contributed by atoms with Crippen LogP contribution in [0.3, 0.4) is 0 Å². The Morgan fingerprint density at radius 3 is 2.27 bits per heavy atom. The number of hydrogen-bond donors (Lipinski definition) is 1. The van der Waals surface area contributed by atoms with E-state index in [1.807, 2.05) is 18.2 Å². The van der Waals surface area contributed by atoms with Gasteiger partial charge in [0, 0.05) is 32.7 Å². The van der Waals surface area contributed by atoms with Crippen LogP contribution < -0.4 is 0 Å². The zero-order valence-corrected chi connectivity index (χ0v) is 13.9. The molecule has 1 N–H and O–H groups in total. The van der Waals surface area contributed by atoms with Crippen LogP contribution in [0.5, 0.6) is 0 Å². The fourth-order valence-corrected chi connectivity index (χ4v) is 2.98. The van der Waals surface area contributed by atoms with Gasteiger partial charge in [-0.3, -0.25) is 4.90 Å². The number of benzene rings is 1. The molecule has 0 unspecified atom stereocenters. The summed E-state index contributed by atoms with van der Waals surface area (Å²) in [6.45, 7) is 10.8. The first-order chi connectivity index (χ1) is 10.7. The minimum absolute atomic E-state index is 0.0767. The first-order valence-corrected chi connectivity index (χ1v) is 8.52. The fraction of sp³-hybridized carbons (Fsp3) is 0.667. The molecule has 22 heavy (non-hydrogen) atoms. The largest absolute Gasteiger partial charge is 0.389 e. The van der Waals surface area contributed by atoms with Crippen LogP contribution in [0.25, 0.3) is 0 Å². The summed E-state index contributed by atoms with van der Waals surface area (Å²) in [5.41, 5.74) is 1.19. The lowest BCUT2D eigenvalue weighted by molar-refractivity contribution is -0.0279. The summed E-state index contributed by atoms with van der Waals surface area (Å²) >= 11 is 0. The second kappa shape index (κ2) is 9.26. The molecule has 4 heteroatoms. The minimum Gasteiger partial charge on any atom is -0.389 e. The number of piperazine rings is 1. The van der Waals surface area contributed by atoms with Gasteiger partial charge in [0.25, 0.3) is 0 Å². The van der Waals surface area contributed by atoms with Crippen LogP contribution in [0, 0.1) is 0 Å². The first kappa shape index (κ1) is 17.4. The number of aliphatic hydroxyl groups is 1. The molecule has 0 aliphatic carbocycles. The minimum atomic E-state index is -0.411. The molecule has 1 aliphatic heterocycles. The van der Waals surface area contributed by atoms with E-state index in [0.717, 1.165) is 39.1 Å². The second-order valence-corrected chi connectivity index (χ2v) is 6.03. The maximum absolute atomic E-state index is 10.2. The average molecular weight is 306 g/mol. The summed E-state index contributed by atoms with van der Waals surface area (Å²) in [6.07, 6.45) is 0.588. The Balaban J connectivity index is 1.72. The summed E-state index contributed by atoms with van der Waals surface area (Å²) in [4.78, 5) is 4.78. The Morgan fingerprint density at radius 2 is 1.68 bits per heavy atom. The highest BCUT2D eigenvalue weighted by atomic mass is 16.5. The van der Waals surface area contributed by atoms with Crippen LogP contribution in [-0.4, -0.2) is 66.9 Å². The van der Waals surface area contributed by atoms with Gasteiger partial charge in [0.1, 0.15) is 0 Å². The Labute approximate surface area is 134 Å². The molecule has 0 bridgehead atoms. The van der Waals surface area contributed by atoms with Crippen LogP contribution in [0.15, 0.2) is 30.3 Å². The predicted molar refractivity (Wildman–Crippen MR) is 90.0 cm³/mol. The Hall–Kier alpha value is -0.940. The number of aliphatic hydroxyl groups excluding tert-OH is 1. The highest BCUT2D eigenvalue weighted by molar-refractivity contribution is 5.17. The summed E-state index contributed by atoms with van der Waals surface area (Å²) in [5.74, 6) is 0. The van der Waals surface area contributed by atoms with Crippen molar-refractivity contribution < 1.29 is 9.84 Å². The quantitative estimate of drug-likeness (QED) is 0.798. The van der Waals surface area contributed by atoms with E-state index in [2.05, 4.69) is 35.8 Å². The van der Waals surface area contributed by atoms with Crippen molar-refractivity contribution in [3.63, 3.8) is 0 Å². The van der Waals surface area contributed by atoms with Crippen molar-refractivity contribution >= 4 is 0 Å². The zero-order chi connectivity index (χ0) is 15.8. The van der Waals surface area contributed by atoms with Crippen LogP contribution in [-0.2, 0) is 4.74 Å². The van der Waals surface area contributed by atoms with Crippen LogP contribution in [0.4, 0.5) is 0 Å². The monoisotopic (exact) mass is 306 g/mol. The first-order valence-electron chi connectivity index (χ1n) is 8.52. The van der Waals surface area contributed by atoms with Crippen molar-refractivity contribution in [2.75, 3.05) is 45.9 Å². The number of β-amino-alcohol motifs (C(OH)–C–C–N with tert-alkyl or cyclic N) is 1. The van der Waals surface area contributed by atoms with E-state index in [0.29, 0.717) is 13.2 Å². The van der Waals surface area contributed by atoms with E-state index in [4.69, 9.17) is 4.74 Å². The maximum Gasteiger partial charge on any atom is 0.0900 e. The Bertz CT molecular complexity index is 405. The number of nitrogens with zero attached hydrogens (tertiary/aromatic N) is 2. The molecule has 0 spiro atoms. The lowest BCUT2D eigenvalue weighted by Crippen LogP contribution is -2.48. The molecule has 1 saturated heterocycles. The molecule has 1 heterocycles. The molecular formula is C18H30N2O2. The lowest BCUT2D eigenvalue weighted by atomic mass is 10.1. The summed E-state index contributed by atoms with van der Waals surface area (Å²) < 4.78 is 5.94. The zero-order valence-electron chi connectivity index (χ0n) is 13.9. The third kappa shape index (κ3) is 5.36. The van der Waals surface area contributed by atoms with Gasteiger partial charge >= 0.3 is 0 Å². The molecule has 0 saturated carbocycles. The molecule has 124 valence electrons. The van der Waals surface area contributed by atoms with Crippen molar-refractivity contribution in [2.24, 2.45) is 0 Å². The molecule has 1 aromatic carbocycles. The van der Waals surface area contributed by atoms with Gasteiger partial charge in [-0.05, 0) is 18.5 Å². The van der Waals surface area contributed by atoms with E-state index < -0.39 is 6.10 Å². The van der Waals surface area contributed by atoms with E-state index in [1.54, 1.807) is 0 Å². The normalized spacial score (nSPS) is 20.0. The third-order valence-corrected chi connectivity index (χ3v) is 4.41. The van der Waals surface area contributed by atoms with Crippen molar-refractivity contribution in [1.29, 1.82) is 0 Å². The molecule has 4 nitrogen and oxygen atoms in total. The molecule has 1 aromatic rings. The maximum atomic E-state index is 10.2. The van der Waals surface area contributed by atoms with Crippen molar-refractivity contribution in [2.45, 2.75) is 32.5 Å². The van der Waals surface area contributed by atoms with Gasteiger partial charge in [-0.2, -0.15) is 0 Å². The van der Waals surface area contributed by atoms with E-state index in [-0.39, 0.29) is 6.10 Å². The molecule has 0 aromatic heterocycles.